The minimum absolute atomic E-state index is 0.520. The molecule has 0 radical (unpaired) electrons. The van der Waals surface area contributed by atoms with Crippen LogP contribution in [0.3, 0.4) is 0 Å². The summed E-state index contributed by atoms with van der Waals surface area (Å²) in [5.41, 5.74) is 1.49. The van der Waals surface area contributed by atoms with Gasteiger partial charge in [0, 0.05) is 11.3 Å². The molecule has 2 nitrogen and oxygen atoms in total. The van der Waals surface area contributed by atoms with E-state index in [4.69, 9.17) is 5.11 Å². The van der Waals surface area contributed by atoms with E-state index in [0.717, 1.165) is 36.1 Å². The van der Waals surface area contributed by atoms with E-state index in [-0.39, 0.29) is 0 Å². The zero-order valence-electron chi connectivity index (χ0n) is 8.63. The average molecular weight is 246 g/mol. The second-order valence-electron chi connectivity index (χ2n) is 4.06. The molecule has 1 heterocycles. The van der Waals surface area contributed by atoms with Crippen molar-refractivity contribution in [2.45, 2.75) is 38.0 Å². The van der Waals surface area contributed by atoms with Gasteiger partial charge in [0.2, 0.25) is 0 Å². The van der Waals surface area contributed by atoms with E-state index in [1.54, 1.807) is 5.38 Å². The van der Waals surface area contributed by atoms with E-state index < -0.39 is 18.3 Å². The lowest BCUT2D eigenvalue weighted by Crippen LogP contribution is -2.31. The topological polar surface area (TPSA) is 37.3 Å². The number of fused-ring (bicyclic) bond motifs is 1. The van der Waals surface area contributed by atoms with Crippen molar-refractivity contribution in [1.82, 2.24) is 0 Å². The highest BCUT2D eigenvalue weighted by Crippen LogP contribution is 2.33. The number of carboxylic acids is 1. The van der Waals surface area contributed by atoms with Gasteiger partial charge in [-0.2, -0.15) is 8.78 Å². The lowest BCUT2D eigenvalue weighted by atomic mass is 9.93. The third-order valence-corrected chi connectivity index (χ3v) is 4.01. The summed E-state index contributed by atoms with van der Waals surface area (Å²) in [6.45, 7) is 0. The first-order valence-corrected chi connectivity index (χ1v) is 6.08. The van der Waals surface area contributed by atoms with Crippen LogP contribution in [-0.4, -0.2) is 17.0 Å². The van der Waals surface area contributed by atoms with Crippen LogP contribution in [0.1, 0.15) is 28.8 Å². The fourth-order valence-electron chi connectivity index (χ4n) is 2.02. The van der Waals surface area contributed by atoms with Gasteiger partial charge in [-0.05, 0) is 42.2 Å². The van der Waals surface area contributed by atoms with Gasteiger partial charge in [-0.3, -0.25) is 0 Å². The molecule has 16 heavy (non-hydrogen) atoms. The first-order chi connectivity index (χ1) is 7.50. The highest BCUT2D eigenvalue weighted by atomic mass is 32.1. The number of aryl methyl sites for hydroxylation is 1. The van der Waals surface area contributed by atoms with Crippen LogP contribution in [0.25, 0.3) is 0 Å². The molecular formula is C11H12F2O2S. The Balaban J connectivity index is 2.22. The summed E-state index contributed by atoms with van der Waals surface area (Å²) in [6.07, 6.45) is 3.19. The molecule has 1 aromatic rings. The summed E-state index contributed by atoms with van der Waals surface area (Å²) in [4.78, 5) is 11.5. The van der Waals surface area contributed by atoms with Gasteiger partial charge in [-0.1, -0.05) is 0 Å². The van der Waals surface area contributed by atoms with E-state index in [2.05, 4.69) is 0 Å². The first kappa shape index (κ1) is 11.5. The minimum Gasteiger partial charge on any atom is -0.477 e. The fraction of sp³-hybridized carbons (Fsp3) is 0.545. The lowest BCUT2D eigenvalue weighted by Gasteiger charge is -2.15. The molecule has 1 aliphatic rings. The first-order valence-electron chi connectivity index (χ1n) is 5.20. The standard InChI is InChI=1S/C11H12F2O2S/c12-11(13,10(14)15)5-7-6-16-9-4-2-1-3-8(7)9/h6H,1-5H2,(H,14,15). The van der Waals surface area contributed by atoms with Gasteiger partial charge >= 0.3 is 11.9 Å². The smallest absolute Gasteiger partial charge is 0.374 e. The zero-order chi connectivity index (χ0) is 11.8. The van der Waals surface area contributed by atoms with Crippen LogP contribution < -0.4 is 0 Å². The summed E-state index contributed by atoms with van der Waals surface area (Å²) < 4.78 is 26.2. The predicted molar refractivity (Wildman–Crippen MR) is 57.2 cm³/mol. The SMILES string of the molecule is O=C(O)C(F)(F)Cc1csc2c1CCCC2. The van der Waals surface area contributed by atoms with Crippen LogP contribution in [0.5, 0.6) is 0 Å². The van der Waals surface area contributed by atoms with Crippen LogP contribution in [0.4, 0.5) is 8.78 Å². The molecule has 0 bridgehead atoms. The maximum absolute atomic E-state index is 13.1. The molecule has 5 heteroatoms. The van der Waals surface area contributed by atoms with Gasteiger partial charge in [0.25, 0.3) is 0 Å². The number of carboxylic acid groups (broad SMARTS) is 1. The number of aliphatic carboxylic acids is 1. The van der Waals surface area contributed by atoms with Crippen molar-refractivity contribution < 1.29 is 18.7 Å². The van der Waals surface area contributed by atoms with Crippen molar-refractivity contribution in [3.05, 3.63) is 21.4 Å². The van der Waals surface area contributed by atoms with Crippen LogP contribution in [0, 0.1) is 0 Å². The number of alkyl halides is 2. The molecule has 1 N–H and O–H groups in total. The molecule has 2 rings (SSSR count). The molecule has 0 saturated heterocycles. The number of carbonyl (C=O) groups is 1. The van der Waals surface area contributed by atoms with Gasteiger partial charge < -0.3 is 5.11 Å². The van der Waals surface area contributed by atoms with Gasteiger partial charge in [0.15, 0.2) is 0 Å². The molecular weight excluding hydrogens is 234 g/mol. The zero-order valence-corrected chi connectivity index (χ0v) is 9.45. The Hall–Kier alpha value is -0.970. The Kier molecular flexibility index (Phi) is 2.97. The van der Waals surface area contributed by atoms with Crippen LogP contribution in [-0.2, 0) is 24.1 Å². The number of thiophene rings is 1. The summed E-state index contributed by atoms with van der Waals surface area (Å²) in [5, 5.41) is 10.1. The van der Waals surface area contributed by atoms with Crippen LogP contribution >= 0.6 is 11.3 Å². The Morgan fingerprint density at radius 3 is 2.81 bits per heavy atom. The molecule has 0 unspecified atom stereocenters. The third kappa shape index (κ3) is 2.09. The Morgan fingerprint density at radius 1 is 1.44 bits per heavy atom. The lowest BCUT2D eigenvalue weighted by molar-refractivity contribution is -0.164. The van der Waals surface area contributed by atoms with Crippen molar-refractivity contribution in [2.75, 3.05) is 0 Å². The molecule has 0 aliphatic heterocycles. The molecule has 88 valence electrons. The number of hydrogen-bond donors (Lipinski definition) is 1. The number of hydrogen-bond acceptors (Lipinski definition) is 2. The van der Waals surface area contributed by atoms with Crippen molar-refractivity contribution in [1.29, 1.82) is 0 Å². The Labute approximate surface area is 95.9 Å². The van der Waals surface area contributed by atoms with E-state index in [0.29, 0.717) is 5.56 Å². The van der Waals surface area contributed by atoms with E-state index in [1.807, 2.05) is 0 Å². The molecule has 0 spiro atoms. The monoisotopic (exact) mass is 246 g/mol. The van der Waals surface area contributed by atoms with Gasteiger partial charge in [0.1, 0.15) is 0 Å². The summed E-state index contributed by atoms with van der Waals surface area (Å²) in [5.74, 6) is -5.69. The second kappa shape index (κ2) is 4.13. The van der Waals surface area contributed by atoms with Crippen molar-refractivity contribution in [3.8, 4) is 0 Å². The number of halogens is 2. The van der Waals surface area contributed by atoms with Gasteiger partial charge in [0.05, 0.1) is 0 Å². The molecule has 0 saturated carbocycles. The molecule has 1 aliphatic carbocycles. The van der Waals surface area contributed by atoms with Gasteiger partial charge in [-0.25, -0.2) is 4.79 Å². The maximum atomic E-state index is 13.1. The second-order valence-corrected chi connectivity index (χ2v) is 5.02. The van der Waals surface area contributed by atoms with Crippen LogP contribution in [0.15, 0.2) is 5.38 Å². The highest BCUT2D eigenvalue weighted by molar-refractivity contribution is 7.10. The Bertz CT molecular complexity index is 412. The molecule has 0 amide bonds. The fourth-order valence-corrected chi connectivity index (χ4v) is 3.17. The molecule has 0 fully saturated rings. The number of rotatable bonds is 3. The van der Waals surface area contributed by atoms with E-state index >= 15 is 0 Å². The third-order valence-electron chi connectivity index (χ3n) is 2.87. The van der Waals surface area contributed by atoms with Crippen molar-refractivity contribution in [2.24, 2.45) is 0 Å². The predicted octanol–water partition coefficient (Wildman–Crippen LogP) is 2.89. The van der Waals surface area contributed by atoms with Crippen molar-refractivity contribution >= 4 is 17.3 Å². The van der Waals surface area contributed by atoms with Gasteiger partial charge in [-0.15, -0.1) is 11.3 Å². The summed E-state index contributed by atoms with van der Waals surface area (Å²) >= 11 is 1.48. The van der Waals surface area contributed by atoms with E-state index in [9.17, 15) is 13.6 Å². The maximum Gasteiger partial charge on any atom is 0.374 e. The Morgan fingerprint density at radius 2 is 2.12 bits per heavy atom. The van der Waals surface area contributed by atoms with Crippen LogP contribution in [0.2, 0.25) is 0 Å². The quantitative estimate of drug-likeness (QED) is 0.890. The minimum atomic E-state index is -3.65. The highest BCUT2D eigenvalue weighted by Gasteiger charge is 2.39. The summed E-state index contributed by atoms with van der Waals surface area (Å²) in [7, 11) is 0. The van der Waals surface area contributed by atoms with Crippen molar-refractivity contribution in [3.63, 3.8) is 0 Å². The van der Waals surface area contributed by atoms with E-state index in [1.165, 1.54) is 11.3 Å². The molecule has 0 aromatic carbocycles. The molecule has 0 atom stereocenters. The normalized spacial score (nSPS) is 15.9. The largest absolute Gasteiger partial charge is 0.477 e. The molecule has 1 aromatic heterocycles. The summed E-state index contributed by atoms with van der Waals surface area (Å²) in [6, 6.07) is 0. The average Bonchev–Trinajstić information content (AvgIpc) is 2.61.